The number of nitrogens with one attached hydrogen (secondary N) is 1. The Balaban J connectivity index is 2.42. The molecule has 0 atom stereocenters. The van der Waals surface area contributed by atoms with Gasteiger partial charge in [-0.2, -0.15) is 4.98 Å². The van der Waals surface area contributed by atoms with Gasteiger partial charge in [0.2, 0.25) is 0 Å². The van der Waals surface area contributed by atoms with Gasteiger partial charge in [-0.15, -0.1) is 0 Å². The highest BCUT2D eigenvalue weighted by Crippen LogP contribution is 2.02. The molecular weight excluding hydrogens is 208 g/mol. The molecule has 0 radical (unpaired) electrons. The number of hydrogen-bond acceptors (Lipinski definition) is 5. The van der Waals surface area contributed by atoms with E-state index in [0.29, 0.717) is 18.9 Å². The number of rotatable bonds is 6. The molecule has 0 unspecified atom stereocenters. The smallest absolute Gasteiger partial charge is 0.317 e. The van der Waals surface area contributed by atoms with Gasteiger partial charge in [-0.25, -0.2) is 4.98 Å². The van der Waals surface area contributed by atoms with E-state index < -0.39 is 0 Å². The van der Waals surface area contributed by atoms with Gasteiger partial charge >= 0.3 is 6.01 Å². The molecule has 0 aliphatic rings. The van der Waals surface area contributed by atoms with E-state index in [1.165, 1.54) is 6.20 Å². The summed E-state index contributed by atoms with van der Waals surface area (Å²) < 4.78 is 10.5. The maximum absolute atomic E-state index is 7.21. The zero-order valence-electron chi connectivity index (χ0n) is 9.43. The molecule has 0 aliphatic heterocycles. The summed E-state index contributed by atoms with van der Waals surface area (Å²) in [5, 5.41) is 7.21. The second-order valence-corrected chi connectivity index (χ2v) is 3.41. The SMILES string of the molecule is CC(C)OCCOc1nccc(C(=N)N)n1. The Morgan fingerprint density at radius 1 is 1.50 bits per heavy atom. The Kier molecular flexibility index (Phi) is 4.65. The van der Waals surface area contributed by atoms with Crippen LogP contribution in [0.15, 0.2) is 12.3 Å². The average Bonchev–Trinajstić information content (AvgIpc) is 2.24. The lowest BCUT2D eigenvalue weighted by Gasteiger charge is -2.08. The first-order chi connectivity index (χ1) is 7.59. The van der Waals surface area contributed by atoms with Crippen LogP contribution in [0.1, 0.15) is 19.5 Å². The third kappa shape index (κ3) is 4.22. The molecule has 0 bridgehead atoms. The predicted octanol–water partition coefficient (Wildman–Crippen LogP) is 0.564. The molecule has 1 rings (SSSR count). The van der Waals surface area contributed by atoms with Crippen molar-refractivity contribution in [3.05, 3.63) is 18.0 Å². The van der Waals surface area contributed by atoms with Gasteiger partial charge in [0.05, 0.1) is 12.7 Å². The lowest BCUT2D eigenvalue weighted by atomic mass is 10.4. The lowest BCUT2D eigenvalue weighted by Crippen LogP contribution is -2.16. The molecule has 0 spiro atoms. The summed E-state index contributed by atoms with van der Waals surface area (Å²) in [7, 11) is 0. The first-order valence-corrected chi connectivity index (χ1v) is 5.01. The second kappa shape index (κ2) is 6.02. The zero-order chi connectivity index (χ0) is 12.0. The van der Waals surface area contributed by atoms with E-state index in [4.69, 9.17) is 20.6 Å². The van der Waals surface area contributed by atoms with Crippen LogP contribution in [0.4, 0.5) is 0 Å². The van der Waals surface area contributed by atoms with Crippen LogP contribution >= 0.6 is 0 Å². The maximum atomic E-state index is 7.21. The van der Waals surface area contributed by atoms with E-state index in [0.717, 1.165) is 0 Å². The van der Waals surface area contributed by atoms with Crippen molar-refractivity contribution in [2.24, 2.45) is 5.73 Å². The number of amidine groups is 1. The molecule has 1 heterocycles. The summed E-state index contributed by atoms with van der Waals surface area (Å²) in [5.74, 6) is -0.106. The van der Waals surface area contributed by atoms with Crippen LogP contribution in [0.2, 0.25) is 0 Å². The zero-order valence-corrected chi connectivity index (χ0v) is 9.43. The molecule has 6 heteroatoms. The Hall–Kier alpha value is -1.69. The third-order valence-corrected chi connectivity index (χ3v) is 1.68. The highest BCUT2D eigenvalue weighted by Gasteiger charge is 2.02. The third-order valence-electron chi connectivity index (χ3n) is 1.68. The Morgan fingerprint density at radius 2 is 2.25 bits per heavy atom. The van der Waals surface area contributed by atoms with Gasteiger partial charge < -0.3 is 15.2 Å². The fourth-order valence-electron chi connectivity index (χ4n) is 0.977. The van der Waals surface area contributed by atoms with Gasteiger partial charge in [-0.3, -0.25) is 5.41 Å². The van der Waals surface area contributed by atoms with Crippen molar-refractivity contribution in [3.63, 3.8) is 0 Å². The van der Waals surface area contributed by atoms with E-state index in [-0.39, 0.29) is 18.0 Å². The predicted molar refractivity (Wildman–Crippen MR) is 59.6 cm³/mol. The molecule has 6 nitrogen and oxygen atoms in total. The van der Waals surface area contributed by atoms with Gasteiger partial charge in [0.15, 0.2) is 0 Å². The van der Waals surface area contributed by atoms with Gasteiger partial charge in [-0.1, -0.05) is 0 Å². The first kappa shape index (κ1) is 12.4. The van der Waals surface area contributed by atoms with Crippen molar-refractivity contribution < 1.29 is 9.47 Å². The number of ether oxygens (including phenoxy) is 2. The van der Waals surface area contributed by atoms with Gasteiger partial charge in [0.25, 0.3) is 0 Å². The van der Waals surface area contributed by atoms with Crippen molar-refractivity contribution in [3.8, 4) is 6.01 Å². The number of hydrogen-bond donors (Lipinski definition) is 2. The van der Waals surface area contributed by atoms with Crippen molar-refractivity contribution in [2.45, 2.75) is 20.0 Å². The fourth-order valence-corrected chi connectivity index (χ4v) is 0.977. The Bertz CT molecular complexity index is 354. The van der Waals surface area contributed by atoms with Crippen LogP contribution in [0.5, 0.6) is 6.01 Å². The maximum Gasteiger partial charge on any atom is 0.317 e. The first-order valence-electron chi connectivity index (χ1n) is 5.01. The minimum absolute atomic E-state index is 0.106. The minimum atomic E-state index is -0.106. The van der Waals surface area contributed by atoms with Crippen LogP contribution in [-0.4, -0.2) is 35.1 Å². The number of aromatic nitrogens is 2. The molecule has 0 saturated carbocycles. The number of nitrogens with two attached hydrogens (primary N) is 1. The molecule has 88 valence electrons. The van der Waals surface area contributed by atoms with Crippen molar-refractivity contribution >= 4 is 5.84 Å². The van der Waals surface area contributed by atoms with Crippen molar-refractivity contribution in [1.82, 2.24) is 9.97 Å². The van der Waals surface area contributed by atoms with Crippen LogP contribution in [0.25, 0.3) is 0 Å². The van der Waals surface area contributed by atoms with Crippen LogP contribution in [0, 0.1) is 5.41 Å². The molecule has 1 aromatic rings. The van der Waals surface area contributed by atoms with E-state index in [1.807, 2.05) is 13.8 Å². The summed E-state index contributed by atoms with van der Waals surface area (Å²) in [6.45, 7) is 4.75. The molecule has 0 fully saturated rings. The summed E-state index contributed by atoms with van der Waals surface area (Å²) in [4.78, 5) is 7.85. The standard InChI is InChI=1S/C10H16N4O2/c1-7(2)15-5-6-16-10-13-4-3-8(14-10)9(11)12/h3-4,7H,5-6H2,1-2H3,(H3,11,12). The number of nitrogens with zero attached hydrogens (tertiary/aromatic N) is 2. The highest BCUT2D eigenvalue weighted by atomic mass is 16.5. The Morgan fingerprint density at radius 3 is 2.88 bits per heavy atom. The molecule has 1 aromatic heterocycles. The van der Waals surface area contributed by atoms with E-state index in [1.54, 1.807) is 6.07 Å². The fraction of sp³-hybridized carbons (Fsp3) is 0.500. The van der Waals surface area contributed by atoms with Crippen LogP contribution in [-0.2, 0) is 4.74 Å². The summed E-state index contributed by atoms with van der Waals surface area (Å²) >= 11 is 0. The van der Waals surface area contributed by atoms with Crippen molar-refractivity contribution in [2.75, 3.05) is 13.2 Å². The van der Waals surface area contributed by atoms with Crippen LogP contribution in [0.3, 0.4) is 0 Å². The van der Waals surface area contributed by atoms with Gasteiger partial charge in [0.1, 0.15) is 18.1 Å². The highest BCUT2D eigenvalue weighted by molar-refractivity contribution is 5.92. The Labute approximate surface area is 94.3 Å². The molecule has 16 heavy (non-hydrogen) atoms. The minimum Gasteiger partial charge on any atom is -0.461 e. The quantitative estimate of drug-likeness (QED) is 0.418. The molecule has 0 aromatic carbocycles. The molecular formula is C10H16N4O2. The van der Waals surface area contributed by atoms with Gasteiger partial charge in [0, 0.05) is 6.20 Å². The largest absolute Gasteiger partial charge is 0.461 e. The molecule has 3 N–H and O–H groups in total. The average molecular weight is 224 g/mol. The van der Waals surface area contributed by atoms with Gasteiger partial charge in [-0.05, 0) is 19.9 Å². The van der Waals surface area contributed by atoms with Crippen molar-refractivity contribution in [1.29, 1.82) is 5.41 Å². The van der Waals surface area contributed by atoms with Crippen LogP contribution < -0.4 is 10.5 Å². The van der Waals surface area contributed by atoms with E-state index in [9.17, 15) is 0 Å². The lowest BCUT2D eigenvalue weighted by molar-refractivity contribution is 0.0531. The summed E-state index contributed by atoms with van der Waals surface area (Å²) in [5.41, 5.74) is 5.65. The molecule has 0 saturated heterocycles. The summed E-state index contributed by atoms with van der Waals surface area (Å²) in [6.07, 6.45) is 1.68. The monoisotopic (exact) mass is 224 g/mol. The van der Waals surface area contributed by atoms with E-state index >= 15 is 0 Å². The topological polar surface area (TPSA) is 94.1 Å². The second-order valence-electron chi connectivity index (χ2n) is 3.41. The molecule has 0 aliphatic carbocycles. The summed E-state index contributed by atoms with van der Waals surface area (Å²) in [6, 6.07) is 1.76. The van der Waals surface area contributed by atoms with E-state index in [2.05, 4.69) is 9.97 Å². The number of nitrogen functional groups attached to an aromatic ring is 1. The normalized spacial score (nSPS) is 10.4. The molecule has 0 amide bonds.